The van der Waals surface area contributed by atoms with Crippen LogP contribution in [-0.2, 0) is 27.1 Å². The van der Waals surface area contributed by atoms with Crippen LogP contribution in [0.2, 0.25) is 0 Å². The highest BCUT2D eigenvalue weighted by Gasteiger charge is 2.42. The van der Waals surface area contributed by atoms with Crippen molar-refractivity contribution in [2.75, 3.05) is 48.9 Å². The molecule has 0 amide bonds. The zero-order valence-corrected chi connectivity index (χ0v) is 18.4. The third-order valence-electron chi connectivity index (χ3n) is 6.16. The van der Waals surface area contributed by atoms with Gasteiger partial charge in [-0.3, -0.25) is 0 Å². The maximum Gasteiger partial charge on any atom is 0.338 e. The van der Waals surface area contributed by atoms with Gasteiger partial charge in [0.05, 0.1) is 18.7 Å². The fourth-order valence-electron chi connectivity index (χ4n) is 4.27. The van der Waals surface area contributed by atoms with Crippen LogP contribution >= 0.6 is 0 Å². The maximum absolute atomic E-state index is 12.3. The van der Waals surface area contributed by atoms with E-state index in [0.717, 1.165) is 48.9 Å². The molecule has 4 heterocycles. The Kier molecular flexibility index (Phi) is 5.73. The summed E-state index contributed by atoms with van der Waals surface area (Å²) in [6, 6.07) is 9.38. The minimum atomic E-state index is -0.812. The second kappa shape index (κ2) is 8.64. The van der Waals surface area contributed by atoms with Gasteiger partial charge in [-0.25, -0.2) is 9.78 Å². The summed E-state index contributed by atoms with van der Waals surface area (Å²) < 4.78 is 21.7. The summed E-state index contributed by atoms with van der Waals surface area (Å²) in [6.07, 6.45) is 2.49. The number of carbonyl (C=O) groups excluding carboxylic acids is 1. The Morgan fingerprint density at radius 1 is 1.23 bits per heavy atom. The topological polar surface area (TPSA) is 88.0 Å². The van der Waals surface area contributed by atoms with E-state index in [-0.39, 0.29) is 12.1 Å². The van der Waals surface area contributed by atoms with E-state index in [1.54, 1.807) is 12.1 Å². The molecule has 0 saturated carbocycles. The van der Waals surface area contributed by atoms with Crippen LogP contribution in [0.3, 0.4) is 0 Å². The first-order chi connectivity index (χ1) is 15.1. The van der Waals surface area contributed by atoms with Crippen LogP contribution in [-0.4, -0.2) is 71.7 Å². The second-order valence-electron chi connectivity index (χ2n) is 8.19. The molecule has 2 fully saturated rings. The number of aromatic nitrogens is 2. The van der Waals surface area contributed by atoms with Crippen molar-refractivity contribution in [3.05, 3.63) is 41.6 Å². The number of benzene rings is 1. The van der Waals surface area contributed by atoms with Crippen LogP contribution in [0.5, 0.6) is 0 Å². The van der Waals surface area contributed by atoms with Crippen molar-refractivity contribution in [2.24, 2.45) is 0 Å². The Hall–Kier alpha value is -2.36. The van der Waals surface area contributed by atoms with E-state index in [1.807, 2.05) is 23.1 Å². The van der Waals surface area contributed by atoms with E-state index in [9.17, 15) is 9.35 Å². The van der Waals surface area contributed by atoms with Gasteiger partial charge < -0.3 is 19.3 Å². The molecule has 2 aromatic rings. The van der Waals surface area contributed by atoms with Crippen molar-refractivity contribution in [3.8, 4) is 0 Å². The predicted octanol–water partition coefficient (Wildman–Crippen LogP) is 2.14. The van der Waals surface area contributed by atoms with Gasteiger partial charge in [-0.05, 0) is 25.0 Å². The minimum absolute atomic E-state index is 0.173. The second-order valence-corrected chi connectivity index (χ2v) is 9.74. The van der Waals surface area contributed by atoms with Gasteiger partial charge in [-0.15, -0.1) is 0 Å². The lowest BCUT2D eigenvalue weighted by Gasteiger charge is -2.39. The quantitative estimate of drug-likeness (QED) is 0.556. The number of ether oxygens (including phenoxy) is 2. The summed E-state index contributed by atoms with van der Waals surface area (Å²) in [5.41, 5.74) is 1.50. The third-order valence-corrected chi connectivity index (χ3v) is 7.64. The molecule has 0 aliphatic carbocycles. The van der Waals surface area contributed by atoms with E-state index in [4.69, 9.17) is 19.4 Å². The Bertz CT molecular complexity index is 948. The molecule has 0 bridgehead atoms. The molecule has 0 radical (unpaired) electrons. The standard InChI is InChI=1S/C22H27N4O4S/c1-25(16-7-10-29-11-8-16)20-19-18(9-12-31(19)28)23-22(24-20)26-13-17(14-26)30-21(27)15-5-3-2-4-6-15/h2-6,16-17,28H,7-14H2,1H3/q+1. The van der Waals surface area contributed by atoms with Gasteiger partial charge in [-0.1, -0.05) is 18.2 Å². The van der Waals surface area contributed by atoms with E-state index in [1.165, 1.54) is 0 Å². The van der Waals surface area contributed by atoms with Crippen LogP contribution < -0.4 is 9.80 Å². The zero-order valence-electron chi connectivity index (χ0n) is 17.6. The Labute approximate surface area is 184 Å². The van der Waals surface area contributed by atoms with Gasteiger partial charge in [0.2, 0.25) is 5.95 Å². The van der Waals surface area contributed by atoms with Crippen molar-refractivity contribution in [1.29, 1.82) is 0 Å². The van der Waals surface area contributed by atoms with Gasteiger partial charge in [0, 0.05) is 32.7 Å². The molecule has 8 nitrogen and oxygen atoms in total. The molecule has 3 aliphatic heterocycles. The fraction of sp³-hybridized carbons (Fsp3) is 0.500. The first-order valence-electron chi connectivity index (χ1n) is 10.7. The van der Waals surface area contributed by atoms with Crippen LogP contribution in [0.1, 0.15) is 28.9 Å². The number of rotatable bonds is 5. The average molecular weight is 444 g/mol. The molecule has 5 rings (SSSR count). The van der Waals surface area contributed by atoms with Crippen LogP contribution in [0.25, 0.3) is 0 Å². The van der Waals surface area contributed by atoms with Gasteiger partial charge in [-0.2, -0.15) is 9.54 Å². The summed E-state index contributed by atoms with van der Waals surface area (Å²) in [7, 11) is 2.05. The summed E-state index contributed by atoms with van der Waals surface area (Å²) in [5, 5.41) is 0. The van der Waals surface area contributed by atoms with Gasteiger partial charge in [0.25, 0.3) is 4.90 Å². The Balaban J connectivity index is 1.31. The summed E-state index contributed by atoms with van der Waals surface area (Å²) in [5.74, 6) is 1.89. The number of hydrogen-bond donors (Lipinski definition) is 1. The largest absolute Gasteiger partial charge is 0.455 e. The number of aryl methyl sites for hydroxylation is 1. The normalized spacial score (nSPS) is 21.5. The monoisotopic (exact) mass is 443 g/mol. The number of fused-ring (bicyclic) bond motifs is 1. The summed E-state index contributed by atoms with van der Waals surface area (Å²) in [6.45, 7) is 2.65. The van der Waals surface area contributed by atoms with E-state index < -0.39 is 11.2 Å². The Morgan fingerprint density at radius 3 is 2.71 bits per heavy atom. The molecule has 1 aromatic heterocycles. The van der Waals surface area contributed by atoms with Crippen molar-refractivity contribution in [2.45, 2.75) is 36.3 Å². The van der Waals surface area contributed by atoms with Gasteiger partial charge in [0.1, 0.15) is 11.8 Å². The first-order valence-corrected chi connectivity index (χ1v) is 12.1. The number of carbonyl (C=O) groups is 1. The lowest BCUT2D eigenvalue weighted by atomic mass is 10.1. The lowest BCUT2D eigenvalue weighted by Crippen LogP contribution is -2.54. The fourth-order valence-corrected chi connectivity index (χ4v) is 5.68. The molecular formula is C22H27N4O4S+. The first kappa shape index (κ1) is 20.5. The number of nitrogens with zero attached hydrogens (tertiary/aromatic N) is 4. The number of esters is 1. The highest BCUT2D eigenvalue weighted by atomic mass is 32.2. The SMILES string of the molecule is CN(c1nc(N2CC(OC(=O)c3ccccc3)C2)nc2c1[S+](O)CC2)C1CCOCC1. The maximum atomic E-state index is 12.3. The lowest BCUT2D eigenvalue weighted by molar-refractivity contribution is 0.0231. The van der Waals surface area contributed by atoms with Gasteiger partial charge >= 0.3 is 5.97 Å². The van der Waals surface area contributed by atoms with Crippen molar-refractivity contribution in [1.82, 2.24) is 9.97 Å². The van der Waals surface area contributed by atoms with E-state index in [2.05, 4.69) is 11.9 Å². The molecule has 3 aliphatic rings. The third kappa shape index (κ3) is 4.09. The molecule has 2 saturated heterocycles. The molecule has 1 unspecified atom stereocenters. The number of anilines is 2. The molecule has 1 N–H and O–H groups in total. The Morgan fingerprint density at radius 2 is 1.97 bits per heavy atom. The molecule has 0 spiro atoms. The summed E-state index contributed by atoms with van der Waals surface area (Å²) in [4.78, 5) is 27.0. The predicted molar refractivity (Wildman–Crippen MR) is 119 cm³/mol. The molecule has 31 heavy (non-hydrogen) atoms. The molecule has 9 heteroatoms. The van der Waals surface area contributed by atoms with Crippen LogP contribution in [0.4, 0.5) is 11.8 Å². The minimum Gasteiger partial charge on any atom is -0.455 e. The van der Waals surface area contributed by atoms with Gasteiger partial charge in [0.15, 0.2) is 22.7 Å². The average Bonchev–Trinajstić information content (AvgIpc) is 3.16. The van der Waals surface area contributed by atoms with Crippen LogP contribution in [0, 0.1) is 0 Å². The van der Waals surface area contributed by atoms with Crippen molar-refractivity contribution < 1.29 is 18.8 Å². The van der Waals surface area contributed by atoms with E-state index in [0.29, 0.717) is 36.4 Å². The number of hydrogen-bond acceptors (Lipinski definition) is 8. The van der Waals surface area contributed by atoms with Crippen molar-refractivity contribution in [3.63, 3.8) is 0 Å². The molecule has 1 aromatic carbocycles. The van der Waals surface area contributed by atoms with E-state index >= 15 is 0 Å². The molecule has 1 atom stereocenters. The smallest absolute Gasteiger partial charge is 0.338 e. The van der Waals surface area contributed by atoms with Crippen molar-refractivity contribution >= 4 is 28.9 Å². The summed E-state index contributed by atoms with van der Waals surface area (Å²) >= 11 is -0.812. The highest BCUT2D eigenvalue weighted by Crippen LogP contribution is 2.36. The molecule has 164 valence electrons. The highest BCUT2D eigenvalue weighted by molar-refractivity contribution is 7.92. The zero-order chi connectivity index (χ0) is 21.4. The molecular weight excluding hydrogens is 416 g/mol. The van der Waals surface area contributed by atoms with Crippen LogP contribution in [0.15, 0.2) is 35.2 Å².